The molecule has 3 N–H and O–H groups in total. The smallest absolute Gasteiger partial charge is 0.303 e. The Balaban J connectivity index is 1.83. The van der Waals surface area contributed by atoms with Crippen molar-refractivity contribution in [3.63, 3.8) is 0 Å². The Kier molecular flexibility index (Phi) is 17.1. The summed E-state index contributed by atoms with van der Waals surface area (Å²) >= 11 is 0. The van der Waals surface area contributed by atoms with Crippen molar-refractivity contribution in [2.24, 2.45) is 22.7 Å². The molecule has 0 bridgehead atoms. The Morgan fingerprint density at radius 1 is 0.897 bits per heavy atom. The first-order valence-electron chi connectivity index (χ1n) is 20.4. The lowest BCUT2D eigenvalue weighted by atomic mass is 9.58. The average molecular weight is 821 g/mol. The normalized spacial score (nSPS) is 32.3. The predicted octanol–water partition coefficient (Wildman–Crippen LogP) is 5.38. The maximum atomic E-state index is 12.8. The van der Waals surface area contributed by atoms with Gasteiger partial charge in [0, 0.05) is 51.9 Å². The molecule has 3 aliphatic rings. The zero-order valence-electron chi connectivity index (χ0n) is 36.5. The molecule has 0 amide bonds. The van der Waals surface area contributed by atoms with Gasteiger partial charge >= 0.3 is 23.9 Å². The number of rotatable bonds is 16. The van der Waals surface area contributed by atoms with E-state index >= 15 is 0 Å². The second-order valence-corrected chi connectivity index (χ2v) is 17.8. The van der Waals surface area contributed by atoms with E-state index in [1.54, 1.807) is 6.08 Å². The van der Waals surface area contributed by atoms with Gasteiger partial charge < -0.3 is 43.7 Å². The van der Waals surface area contributed by atoms with Crippen LogP contribution >= 0.6 is 0 Å². The molecule has 1 saturated heterocycles. The van der Waals surface area contributed by atoms with Gasteiger partial charge in [0.15, 0.2) is 6.29 Å². The fraction of sp³-hybridized carbons (Fsp3) is 0.750. The summed E-state index contributed by atoms with van der Waals surface area (Å²) in [4.78, 5) is 61.2. The molecule has 0 aromatic rings. The maximum Gasteiger partial charge on any atom is 0.303 e. The largest absolute Gasteiger partial charge is 0.463 e. The van der Waals surface area contributed by atoms with Crippen LogP contribution in [0.25, 0.3) is 0 Å². The molecule has 0 radical (unpaired) electrons. The second-order valence-electron chi connectivity index (χ2n) is 17.8. The molecule has 0 aromatic heterocycles. The van der Waals surface area contributed by atoms with E-state index < -0.39 is 89.3 Å². The fourth-order valence-corrected chi connectivity index (χ4v) is 9.07. The van der Waals surface area contributed by atoms with Crippen molar-refractivity contribution in [1.82, 2.24) is 0 Å². The van der Waals surface area contributed by atoms with Crippen LogP contribution in [0.4, 0.5) is 0 Å². The summed E-state index contributed by atoms with van der Waals surface area (Å²) in [5.41, 5.74) is 0.582. The van der Waals surface area contributed by atoms with E-state index in [9.17, 15) is 39.3 Å². The van der Waals surface area contributed by atoms with Crippen LogP contribution in [0, 0.1) is 22.7 Å². The quantitative estimate of drug-likeness (QED) is 0.102. The monoisotopic (exact) mass is 820 g/mol. The van der Waals surface area contributed by atoms with Crippen molar-refractivity contribution in [1.29, 1.82) is 0 Å². The Bertz CT molecular complexity index is 1590. The molecule has 3 unspecified atom stereocenters. The number of allylic oxidation sites excluding steroid dienone is 3. The molecule has 1 heterocycles. The summed E-state index contributed by atoms with van der Waals surface area (Å²) < 4.78 is 34.7. The van der Waals surface area contributed by atoms with E-state index in [0.717, 1.165) is 11.1 Å². The number of ketones is 1. The molecule has 58 heavy (non-hydrogen) atoms. The maximum absolute atomic E-state index is 12.8. The van der Waals surface area contributed by atoms with Crippen LogP contribution in [0.15, 0.2) is 34.9 Å². The molecular weight excluding hydrogens is 752 g/mol. The van der Waals surface area contributed by atoms with E-state index in [1.807, 2.05) is 67.5 Å². The number of hydrogen-bond donors (Lipinski definition) is 3. The highest BCUT2D eigenvalue weighted by molar-refractivity contribution is 5.87. The molecule has 14 nitrogen and oxygen atoms in total. The van der Waals surface area contributed by atoms with Gasteiger partial charge in [0.25, 0.3) is 0 Å². The van der Waals surface area contributed by atoms with Crippen LogP contribution < -0.4 is 0 Å². The minimum absolute atomic E-state index is 0.126. The Hall–Kier alpha value is -3.43. The first-order chi connectivity index (χ1) is 26.8. The van der Waals surface area contributed by atoms with Gasteiger partial charge in [-0.25, -0.2) is 0 Å². The summed E-state index contributed by atoms with van der Waals surface area (Å²) in [6.45, 7) is 20.4. The van der Waals surface area contributed by atoms with E-state index in [4.69, 9.17) is 28.4 Å². The molecule has 11 atom stereocenters. The topological polar surface area (TPSA) is 201 Å². The SMILES string of the molecule is CC(=O)OC[C@H]1O[C@@H](O[C@@H]2CC[C@@](C)(OC(C)=O)[C@H](CC/C(C)=C/CC(/C=C(\C)C(CC3C(C)=CCC(=O)C3(C)C)OC(C)=O)OC(C)=O)C2(C)C)[C@H](O)[C@@H](O)[C@H]1O. The highest BCUT2D eigenvalue weighted by atomic mass is 16.7. The van der Waals surface area contributed by atoms with Crippen molar-refractivity contribution in [2.45, 2.75) is 183 Å². The standard InChI is InChI=1S/C44H68O14/c1-24(13-16-31(54-28(5)46)21-26(3)33(55-29(6)47)22-32-25(2)15-18-36(49)42(32,8)9)14-17-35-43(10,11)37(19-20-44(35,12)58-30(7)48)57-41-40(52)39(51)38(50)34(56-41)23-53-27(4)45/h13,15,21,31-35,37-41,50-52H,14,16-20,22-23H2,1-12H3/b24-13+,26-21+/t31?,32?,33?,34-,35-,37-,38+,39+,40-,41+,44-/m1/s1. The van der Waals surface area contributed by atoms with Gasteiger partial charge in [-0.3, -0.25) is 24.0 Å². The van der Waals surface area contributed by atoms with Crippen molar-refractivity contribution >= 4 is 29.7 Å². The van der Waals surface area contributed by atoms with E-state index in [1.165, 1.54) is 27.7 Å². The molecule has 1 saturated carbocycles. The number of esters is 4. The van der Waals surface area contributed by atoms with Gasteiger partial charge in [0.05, 0.1) is 6.10 Å². The average Bonchev–Trinajstić information content (AvgIpc) is 3.10. The molecular formula is C44H68O14. The molecule has 2 aliphatic carbocycles. The zero-order valence-corrected chi connectivity index (χ0v) is 36.5. The second kappa shape index (κ2) is 20.2. The Labute approximate surface area is 343 Å². The van der Waals surface area contributed by atoms with Gasteiger partial charge in [0.1, 0.15) is 54.6 Å². The number of ether oxygens (including phenoxy) is 6. The van der Waals surface area contributed by atoms with Crippen LogP contribution in [-0.2, 0) is 52.4 Å². The third-order valence-electron chi connectivity index (χ3n) is 12.5. The number of aliphatic hydroxyl groups is 3. The minimum Gasteiger partial charge on any atom is -0.463 e. The van der Waals surface area contributed by atoms with Crippen LogP contribution in [-0.4, -0.2) is 106 Å². The molecule has 3 rings (SSSR count). The predicted molar refractivity (Wildman–Crippen MR) is 213 cm³/mol. The zero-order chi connectivity index (χ0) is 43.9. The van der Waals surface area contributed by atoms with Crippen LogP contribution in [0.1, 0.15) is 128 Å². The van der Waals surface area contributed by atoms with Crippen molar-refractivity contribution < 1.29 is 67.7 Å². The van der Waals surface area contributed by atoms with Gasteiger partial charge in [-0.1, -0.05) is 51.0 Å². The highest BCUT2D eigenvalue weighted by Crippen LogP contribution is 2.52. The van der Waals surface area contributed by atoms with Gasteiger partial charge in [-0.15, -0.1) is 0 Å². The van der Waals surface area contributed by atoms with E-state index in [-0.39, 0.29) is 24.2 Å². The first-order valence-corrected chi connectivity index (χ1v) is 20.4. The van der Waals surface area contributed by atoms with Gasteiger partial charge in [-0.2, -0.15) is 0 Å². The van der Waals surface area contributed by atoms with Crippen molar-refractivity contribution in [2.75, 3.05) is 6.61 Å². The number of carbonyl (C=O) groups excluding carboxylic acids is 5. The van der Waals surface area contributed by atoms with Crippen LogP contribution in [0.2, 0.25) is 0 Å². The van der Waals surface area contributed by atoms with Crippen LogP contribution in [0.5, 0.6) is 0 Å². The van der Waals surface area contributed by atoms with Crippen molar-refractivity contribution in [3.8, 4) is 0 Å². The number of aliphatic hydroxyl groups excluding tert-OH is 3. The number of carbonyl (C=O) groups is 5. The summed E-state index contributed by atoms with van der Waals surface area (Å²) in [7, 11) is 0. The molecule has 0 aromatic carbocycles. The Morgan fingerprint density at radius 3 is 2.12 bits per heavy atom. The molecule has 328 valence electrons. The van der Waals surface area contributed by atoms with Gasteiger partial charge in [0.2, 0.25) is 0 Å². The lowest BCUT2D eigenvalue weighted by molar-refractivity contribution is -0.328. The molecule has 2 fully saturated rings. The summed E-state index contributed by atoms with van der Waals surface area (Å²) in [5.74, 6) is -2.23. The lowest BCUT2D eigenvalue weighted by Gasteiger charge is -2.54. The summed E-state index contributed by atoms with van der Waals surface area (Å²) in [6.07, 6.45) is -0.191. The highest BCUT2D eigenvalue weighted by Gasteiger charge is 2.55. The molecule has 14 heteroatoms. The molecule has 0 spiro atoms. The first kappa shape index (κ1) is 48.9. The summed E-state index contributed by atoms with van der Waals surface area (Å²) in [5, 5.41) is 31.9. The van der Waals surface area contributed by atoms with E-state index in [2.05, 4.69) is 0 Å². The third-order valence-corrected chi connectivity index (χ3v) is 12.5. The van der Waals surface area contributed by atoms with Gasteiger partial charge in [-0.05, 0) is 82.8 Å². The molecule has 1 aliphatic heterocycles. The van der Waals surface area contributed by atoms with Crippen molar-refractivity contribution in [3.05, 3.63) is 34.9 Å². The summed E-state index contributed by atoms with van der Waals surface area (Å²) in [6, 6.07) is 0. The minimum atomic E-state index is -1.61. The Morgan fingerprint density at radius 2 is 1.53 bits per heavy atom. The number of Topliss-reactive ketones (excluding diaryl/α,β-unsaturated/α-hetero) is 1. The number of hydrogen-bond acceptors (Lipinski definition) is 14. The third kappa shape index (κ3) is 12.5. The lowest BCUT2D eigenvalue weighted by Crippen LogP contribution is -2.62. The fourth-order valence-electron chi connectivity index (χ4n) is 9.07. The van der Waals surface area contributed by atoms with E-state index in [0.29, 0.717) is 50.5 Å². The van der Waals surface area contributed by atoms with Crippen LogP contribution in [0.3, 0.4) is 0 Å².